The number of carbonyl (C=O) groups excluding carboxylic acids is 2. The highest BCUT2D eigenvalue weighted by Gasteiger charge is 2.22. The molecule has 2 amide bonds. The number of nitrogens with one attached hydrogen (secondary N) is 2. The smallest absolute Gasteiger partial charge is 0.258 e. The Hall–Kier alpha value is -3.72. The van der Waals surface area contributed by atoms with Crippen LogP contribution in [0.15, 0.2) is 59.4 Å². The van der Waals surface area contributed by atoms with Crippen LogP contribution in [0, 0.1) is 0 Å². The first-order chi connectivity index (χ1) is 15.6. The van der Waals surface area contributed by atoms with Crippen LogP contribution in [0.25, 0.3) is 10.9 Å². The maximum Gasteiger partial charge on any atom is 0.258 e. The number of para-hydroxylation sites is 2. The third-order valence-electron chi connectivity index (χ3n) is 5.31. The van der Waals surface area contributed by atoms with Gasteiger partial charge in [0.25, 0.3) is 11.5 Å². The van der Waals surface area contributed by atoms with Crippen molar-refractivity contribution in [1.29, 1.82) is 0 Å². The summed E-state index contributed by atoms with van der Waals surface area (Å²) in [5.41, 5.74) is 0.526. The summed E-state index contributed by atoms with van der Waals surface area (Å²) in [6, 6.07) is 16.3. The van der Waals surface area contributed by atoms with Crippen LogP contribution in [0.3, 0.4) is 0 Å². The van der Waals surface area contributed by atoms with Crippen molar-refractivity contribution in [3.63, 3.8) is 0 Å². The predicted octanol–water partition coefficient (Wildman–Crippen LogP) is 0.763. The van der Waals surface area contributed by atoms with Gasteiger partial charge >= 0.3 is 0 Å². The van der Waals surface area contributed by atoms with Crippen LogP contribution in [-0.2, 0) is 16.1 Å². The van der Waals surface area contributed by atoms with Gasteiger partial charge in [0.2, 0.25) is 5.91 Å². The molecule has 9 heteroatoms. The molecule has 32 heavy (non-hydrogen) atoms. The van der Waals surface area contributed by atoms with E-state index in [4.69, 9.17) is 4.74 Å². The van der Waals surface area contributed by atoms with Crippen LogP contribution < -0.4 is 15.6 Å². The van der Waals surface area contributed by atoms with Gasteiger partial charge in [0.15, 0.2) is 6.61 Å². The molecule has 1 aliphatic rings. The molecule has 1 aromatic heterocycles. The van der Waals surface area contributed by atoms with Crippen molar-refractivity contribution in [3.8, 4) is 5.75 Å². The number of nitrogens with zero attached hydrogens (tertiary/aromatic N) is 3. The van der Waals surface area contributed by atoms with E-state index in [1.54, 1.807) is 23.1 Å². The second-order valence-corrected chi connectivity index (χ2v) is 7.57. The van der Waals surface area contributed by atoms with Gasteiger partial charge in [0, 0.05) is 26.2 Å². The van der Waals surface area contributed by atoms with Crippen LogP contribution in [0.4, 0.5) is 0 Å². The molecule has 166 valence electrons. The molecule has 2 aromatic carbocycles. The molecule has 0 bridgehead atoms. The maximum absolute atomic E-state index is 12.4. The Balaban J connectivity index is 1.21. The van der Waals surface area contributed by atoms with Crippen molar-refractivity contribution in [2.24, 2.45) is 0 Å². The first-order valence-corrected chi connectivity index (χ1v) is 10.5. The van der Waals surface area contributed by atoms with Gasteiger partial charge < -0.3 is 19.9 Å². The minimum absolute atomic E-state index is 0.0590. The fraction of sp³-hybridized carbons (Fsp3) is 0.304. The summed E-state index contributed by atoms with van der Waals surface area (Å²) in [5.74, 6) is 0.744. The molecule has 9 nitrogen and oxygen atoms in total. The summed E-state index contributed by atoms with van der Waals surface area (Å²) in [5, 5.41) is 3.18. The third-order valence-corrected chi connectivity index (χ3v) is 5.31. The summed E-state index contributed by atoms with van der Waals surface area (Å²) in [4.78, 5) is 47.8. The number of aromatic nitrogens is 2. The van der Waals surface area contributed by atoms with E-state index in [0.717, 1.165) is 0 Å². The number of rotatable bonds is 7. The minimum Gasteiger partial charge on any atom is -0.484 e. The topological polar surface area (TPSA) is 108 Å². The molecule has 2 N–H and O–H groups in total. The zero-order valence-electron chi connectivity index (χ0n) is 17.6. The Morgan fingerprint density at radius 2 is 1.72 bits per heavy atom. The van der Waals surface area contributed by atoms with Crippen LogP contribution in [0.2, 0.25) is 0 Å². The molecule has 1 saturated heterocycles. The average Bonchev–Trinajstić information content (AvgIpc) is 2.82. The van der Waals surface area contributed by atoms with Crippen LogP contribution in [-0.4, -0.2) is 70.9 Å². The highest BCUT2D eigenvalue weighted by atomic mass is 16.5. The van der Waals surface area contributed by atoms with Gasteiger partial charge in [-0.25, -0.2) is 4.98 Å². The Morgan fingerprint density at radius 1 is 1.00 bits per heavy atom. The van der Waals surface area contributed by atoms with Crippen molar-refractivity contribution in [2.75, 3.05) is 39.3 Å². The van der Waals surface area contributed by atoms with Crippen molar-refractivity contribution in [2.45, 2.75) is 6.54 Å². The summed E-state index contributed by atoms with van der Waals surface area (Å²) in [6.45, 7) is 2.73. The third kappa shape index (κ3) is 5.50. The molecule has 1 fully saturated rings. The van der Waals surface area contributed by atoms with Crippen molar-refractivity contribution < 1.29 is 14.3 Å². The number of aromatic amines is 1. The number of hydrogen-bond acceptors (Lipinski definition) is 6. The molecule has 2 heterocycles. The summed E-state index contributed by atoms with van der Waals surface area (Å²) >= 11 is 0. The van der Waals surface area contributed by atoms with Gasteiger partial charge in [-0.2, -0.15) is 0 Å². The average molecular weight is 435 g/mol. The highest BCUT2D eigenvalue weighted by Crippen LogP contribution is 2.10. The number of hydrogen-bond donors (Lipinski definition) is 2. The lowest BCUT2D eigenvalue weighted by molar-refractivity contribution is -0.134. The number of piperazine rings is 1. The number of benzene rings is 2. The Morgan fingerprint density at radius 3 is 2.50 bits per heavy atom. The molecular formula is C23H25N5O4. The number of H-pyrrole nitrogens is 1. The first kappa shape index (κ1) is 21.5. The van der Waals surface area contributed by atoms with E-state index in [1.165, 1.54) is 0 Å². The Kier molecular flexibility index (Phi) is 6.76. The number of carbonyl (C=O) groups is 2. The maximum atomic E-state index is 12.4. The molecule has 4 rings (SSSR count). The van der Waals surface area contributed by atoms with E-state index in [2.05, 4.69) is 20.2 Å². The molecular weight excluding hydrogens is 410 g/mol. The van der Waals surface area contributed by atoms with E-state index in [0.29, 0.717) is 55.2 Å². The monoisotopic (exact) mass is 435 g/mol. The van der Waals surface area contributed by atoms with Gasteiger partial charge in [-0.1, -0.05) is 30.3 Å². The molecule has 0 unspecified atom stereocenters. The normalized spacial score (nSPS) is 14.3. The second-order valence-electron chi connectivity index (χ2n) is 7.57. The largest absolute Gasteiger partial charge is 0.484 e. The highest BCUT2D eigenvalue weighted by molar-refractivity contribution is 5.85. The first-order valence-electron chi connectivity index (χ1n) is 10.5. The van der Waals surface area contributed by atoms with Crippen molar-refractivity contribution >= 4 is 22.7 Å². The molecule has 0 atom stereocenters. The van der Waals surface area contributed by atoms with Gasteiger partial charge in [-0.3, -0.25) is 19.3 Å². The van der Waals surface area contributed by atoms with Gasteiger partial charge in [-0.05, 0) is 24.3 Å². The summed E-state index contributed by atoms with van der Waals surface area (Å²) < 4.78 is 5.38. The van der Waals surface area contributed by atoms with Crippen molar-refractivity contribution in [1.82, 2.24) is 25.1 Å². The number of ether oxygens (including phenoxy) is 1. The predicted molar refractivity (Wildman–Crippen MR) is 119 cm³/mol. The number of amides is 2. The van der Waals surface area contributed by atoms with E-state index < -0.39 is 0 Å². The van der Waals surface area contributed by atoms with E-state index in [-0.39, 0.29) is 30.5 Å². The molecule has 0 spiro atoms. The molecule has 0 saturated carbocycles. The lowest BCUT2D eigenvalue weighted by atomic mass is 10.2. The van der Waals surface area contributed by atoms with Gasteiger partial charge in [0.05, 0.1) is 24.0 Å². The van der Waals surface area contributed by atoms with E-state index in [9.17, 15) is 14.4 Å². The summed E-state index contributed by atoms with van der Waals surface area (Å²) in [6.07, 6.45) is 0. The fourth-order valence-electron chi connectivity index (χ4n) is 3.58. The summed E-state index contributed by atoms with van der Waals surface area (Å²) in [7, 11) is 0. The second kappa shape index (κ2) is 10.1. The van der Waals surface area contributed by atoms with Crippen molar-refractivity contribution in [3.05, 3.63) is 70.8 Å². The lowest BCUT2D eigenvalue weighted by Gasteiger charge is -2.34. The van der Waals surface area contributed by atoms with Crippen LogP contribution in [0.1, 0.15) is 5.82 Å². The standard InChI is InChI=1S/C23H25N5O4/c29-21(16-32-17-6-2-1-3-7-17)24-14-22(30)28-12-10-27(11-13-28)15-20-25-19-9-5-4-8-18(19)23(31)26-20/h1-9H,10-16H2,(H,24,29)(H,25,26,31). The zero-order valence-corrected chi connectivity index (χ0v) is 17.6. The Labute approximate surface area is 185 Å². The number of fused-ring (bicyclic) bond motifs is 1. The van der Waals surface area contributed by atoms with Crippen LogP contribution >= 0.6 is 0 Å². The van der Waals surface area contributed by atoms with E-state index >= 15 is 0 Å². The van der Waals surface area contributed by atoms with Crippen LogP contribution in [0.5, 0.6) is 5.75 Å². The Bertz CT molecular complexity index is 1140. The van der Waals surface area contributed by atoms with Gasteiger partial charge in [0.1, 0.15) is 11.6 Å². The van der Waals surface area contributed by atoms with E-state index in [1.807, 2.05) is 36.4 Å². The minimum atomic E-state index is -0.341. The molecule has 0 radical (unpaired) electrons. The SMILES string of the molecule is O=C(COc1ccccc1)NCC(=O)N1CCN(Cc2nc3ccccc3c(=O)[nH]2)CC1. The fourth-order valence-corrected chi connectivity index (χ4v) is 3.58. The zero-order chi connectivity index (χ0) is 22.3. The van der Waals surface area contributed by atoms with Gasteiger partial charge in [-0.15, -0.1) is 0 Å². The molecule has 3 aromatic rings. The molecule has 0 aliphatic carbocycles. The molecule has 1 aliphatic heterocycles. The lowest BCUT2D eigenvalue weighted by Crippen LogP contribution is -2.51. The quantitative estimate of drug-likeness (QED) is 0.568.